The van der Waals surface area contributed by atoms with Crippen molar-refractivity contribution in [1.29, 1.82) is 0 Å². The van der Waals surface area contributed by atoms with Crippen molar-refractivity contribution in [3.8, 4) is 5.75 Å². The Hall–Kier alpha value is -2.76. The van der Waals surface area contributed by atoms with E-state index in [2.05, 4.69) is 10.2 Å². The van der Waals surface area contributed by atoms with E-state index in [0.29, 0.717) is 11.4 Å². The number of nitrogens with zero attached hydrogens (tertiary/aromatic N) is 3. The molecule has 0 fully saturated rings. The fraction of sp³-hybridized carbons (Fsp3) is 0.0769. The number of benzene rings is 2. The number of hydrogen-bond acceptors (Lipinski definition) is 5. The Morgan fingerprint density at radius 3 is 1.84 bits per heavy atom. The van der Waals surface area contributed by atoms with Crippen LogP contribution >= 0.6 is 0 Å². The summed E-state index contributed by atoms with van der Waals surface area (Å²) >= 11 is 0. The highest BCUT2D eigenvalue weighted by molar-refractivity contribution is 5.45. The molecule has 6 nitrogen and oxygen atoms in total. The van der Waals surface area contributed by atoms with Crippen LogP contribution in [0.4, 0.5) is 17.1 Å². The molecular formula is C13H11N3O3. The quantitative estimate of drug-likeness (QED) is 0.471. The van der Waals surface area contributed by atoms with Gasteiger partial charge < -0.3 is 4.74 Å². The molecule has 2 aromatic carbocycles. The molecule has 0 saturated heterocycles. The number of azo groups is 1. The minimum absolute atomic E-state index is 0.0309. The van der Waals surface area contributed by atoms with E-state index < -0.39 is 4.92 Å². The molecule has 0 N–H and O–H groups in total. The second kappa shape index (κ2) is 5.72. The summed E-state index contributed by atoms with van der Waals surface area (Å²) in [4.78, 5) is 10.0. The van der Waals surface area contributed by atoms with E-state index in [0.717, 1.165) is 5.75 Å². The lowest BCUT2D eigenvalue weighted by atomic mass is 10.3. The first-order valence-corrected chi connectivity index (χ1v) is 5.49. The van der Waals surface area contributed by atoms with Gasteiger partial charge in [0.15, 0.2) is 0 Å². The fourth-order valence-electron chi connectivity index (χ4n) is 1.41. The topological polar surface area (TPSA) is 77.1 Å². The maximum absolute atomic E-state index is 10.5. The Bertz CT molecular complexity index is 592. The van der Waals surface area contributed by atoms with Crippen molar-refractivity contribution in [2.24, 2.45) is 10.2 Å². The lowest BCUT2D eigenvalue weighted by Gasteiger charge is -1.98. The van der Waals surface area contributed by atoms with E-state index in [1.54, 1.807) is 43.5 Å². The molecule has 0 aliphatic heterocycles. The van der Waals surface area contributed by atoms with E-state index in [1.165, 1.54) is 12.1 Å². The van der Waals surface area contributed by atoms with Crippen LogP contribution in [0.25, 0.3) is 0 Å². The van der Waals surface area contributed by atoms with Crippen molar-refractivity contribution in [3.05, 3.63) is 58.6 Å². The molecule has 2 rings (SSSR count). The third-order valence-electron chi connectivity index (χ3n) is 2.41. The van der Waals surface area contributed by atoms with Crippen LogP contribution < -0.4 is 4.74 Å². The van der Waals surface area contributed by atoms with E-state index in [-0.39, 0.29) is 5.69 Å². The largest absolute Gasteiger partial charge is 0.497 e. The van der Waals surface area contributed by atoms with Crippen molar-refractivity contribution >= 4 is 17.1 Å². The van der Waals surface area contributed by atoms with Crippen LogP contribution in [0.15, 0.2) is 58.8 Å². The minimum atomic E-state index is -0.454. The zero-order valence-corrected chi connectivity index (χ0v) is 10.2. The van der Waals surface area contributed by atoms with Crippen molar-refractivity contribution in [3.63, 3.8) is 0 Å². The summed E-state index contributed by atoms with van der Waals surface area (Å²) in [5.74, 6) is 0.745. The van der Waals surface area contributed by atoms with Crippen molar-refractivity contribution < 1.29 is 9.66 Å². The molecule has 0 saturated carbocycles. The molecular weight excluding hydrogens is 246 g/mol. The predicted molar refractivity (Wildman–Crippen MR) is 70.3 cm³/mol. The summed E-state index contributed by atoms with van der Waals surface area (Å²) in [6.07, 6.45) is 0. The van der Waals surface area contributed by atoms with Gasteiger partial charge in [0.2, 0.25) is 0 Å². The van der Waals surface area contributed by atoms with Crippen molar-refractivity contribution in [2.75, 3.05) is 7.11 Å². The van der Waals surface area contributed by atoms with Crippen LogP contribution in [0.1, 0.15) is 0 Å². The molecule has 0 heterocycles. The molecule has 0 bridgehead atoms. The number of ether oxygens (including phenoxy) is 1. The summed E-state index contributed by atoms with van der Waals surface area (Å²) in [6.45, 7) is 0. The van der Waals surface area contributed by atoms with Crippen molar-refractivity contribution in [1.82, 2.24) is 0 Å². The maximum atomic E-state index is 10.5. The molecule has 19 heavy (non-hydrogen) atoms. The van der Waals surface area contributed by atoms with Gasteiger partial charge in [-0.1, -0.05) is 0 Å². The van der Waals surface area contributed by atoms with Crippen LogP contribution in [0.3, 0.4) is 0 Å². The van der Waals surface area contributed by atoms with Gasteiger partial charge in [0.05, 0.1) is 23.4 Å². The summed E-state index contributed by atoms with van der Waals surface area (Å²) in [5.41, 5.74) is 1.27. The lowest BCUT2D eigenvalue weighted by Crippen LogP contribution is -1.85. The van der Waals surface area contributed by atoms with E-state index in [9.17, 15) is 10.1 Å². The molecule has 0 aromatic heterocycles. The number of nitro groups is 1. The van der Waals surface area contributed by atoms with Crippen LogP contribution in [0, 0.1) is 10.1 Å². The average molecular weight is 257 g/mol. The number of methoxy groups -OCH3 is 1. The fourth-order valence-corrected chi connectivity index (χ4v) is 1.41. The van der Waals surface area contributed by atoms with Gasteiger partial charge in [-0.3, -0.25) is 10.1 Å². The van der Waals surface area contributed by atoms with Gasteiger partial charge in [-0.15, -0.1) is 0 Å². The zero-order valence-electron chi connectivity index (χ0n) is 10.2. The van der Waals surface area contributed by atoms with E-state index >= 15 is 0 Å². The summed E-state index contributed by atoms with van der Waals surface area (Å²) in [7, 11) is 1.59. The first-order valence-electron chi connectivity index (χ1n) is 5.49. The van der Waals surface area contributed by atoms with Gasteiger partial charge in [-0.2, -0.15) is 10.2 Å². The van der Waals surface area contributed by atoms with Crippen LogP contribution in [-0.4, -0.2) is 12.0 Å². The first-order chi connectivity index (χ1) is 9.19. The predicted octanol–water partition coefficient (Wildman–Crippen LogP) is 4.02. The second-order valence-electron chi connectivity index (χ2n) is 3.67. The molecule has 0 amide bonds. The van der Waals surface area contributed by atoms with Crippen LogP contribution in [-0.2, 0) is 0 Å². The van der Waals surface area contributed by atoms with Gasteiger partial charge in [0, 0.05) is 12.1 Å². The van der Waals surface area contributed by atoms with E-state index in [1.807, 2.05) is 0 Å². The lowest BCUT2D eigenvalue weighted by molar-refractivity contribution is -0.384. The molecule has 0 aliphatic rings. The maximum Gasteiger partial charge on any atom is 0.269 e. The Kier molecular flexibility index (Phi) is 3.82. The molecule has 96 valence electrons. The minimum Gasteiger partial charge on any atom is -0.497 e. The summed E-state index contributed by atoms with van der Waals surface area (Å²) < 4.78 is 5.03. The highest BCUT2D eigenvalue weighted by atomic mass is 16.6. The molecule has 0 unspecified atom stereocenters. The second-order valence-corrected chi connectivity index (χ2v) is 3.67. The molecule has 0 spiro atoms. The number of hydrogen-bond donors (Lipinski definition) is 0. The first kappa shape index (κ1) is 12.7. The third-order valence-corrected chi connectivity index (χ3v) is 2.41. The Morgan fingerprint density at radius 1 is 0.947 bits per heavy atom. The number of rotatable bonds is 4. The molecule has 0 atom stereocenters. The van der Waals surface area contributed by atoms with Gasteiger partial charge in [-0.05, 0) is 36.4 Å². The average Bonchev–Trinajstić information content (AvgIpc) is 2.46. The molecule has 0 radical (unpaired) electrons. The van der Waals surface area contributed by atoms with Gasteiger partial charge in [0.25, 0.3) is 5.69 Å². The molecule has 0 aliphatic carbocycles. The third kappa shape index (κ3) is 3.35. The highest BCUT2D eigenvalue weighted by Crippen LogP contribution is 2.22. The SMILES string of the molecule is COc1ccc(/N=N/c2ccc([N+](=O)[O-])cc2)cc1. The molecule has 6 heteroatoms. The van der Waals surface area contributed by atoms with Gasteiger partial charge in [-0.25, -0.2) is 0 Å². The molecule has 2 aromatic rings. The van der Waals surface area contributed by atoms with Gasteiger partial charge >= 0.3 is 0 Å². The Morgan fingerprint density at radius 2 is 1.42 bits per heavy atom. The Labute approximate surface area is 109 Å². The van der Waals surface area contributed by atoms with Crippen molar-refractivity contribution in [2.45, 2.75) is 0 Å². The standard InChI is InChI=1S/C13H11N3O3/c1-19-13-8-4-11(5-9-13)15-14-10-2-6-12(7-3-10)16(17)18/h2-9H,1H3/b15-14+. The van der Waals surface area contributed by atoms with Crippen LogP contribution in [0.5, 0.6) is 5.75 Å². The number of nitro benzene ring substituents is 1. The smallest absolute Gasteiger partial charge is 0.269 e. The number of non-ortho nitro benzene ring substituents is 1. The van der Waals surface area contributed by atoms with Gasteiger partial charge in [0.1, 0.15) is 5.75 Å². The van der Waals surface area contributed by atoms with Crippen LogP contribution in [0.2, 0.25) is 0 Å². The highest BCUT2D eigenvalue weighted by Gasteiger charge is 2.02. The van der Waals surface area contributed by atoms with E-state index in [4.69, 9.17) is 4.74 Å². The zero-order chi connectivity index (χ0) is 13.7. The monoisotopic (exact) mass is 257 g/mol. The Balaban J connectivity index is 2.10. The normalized spacial score (nSPS) is 10.6. The summed E-state index contributed by atoms with van der Waals surface area (Å²) in [6, 6.07) is 13.0. The summed E-state index contributed by atoms with van der Waals surface area (Å²) in [5, 5.41) is 18.5.